The topological polar surface area (TPSA) is 35.5 Å². The average molecular weight is 300 g/mol. The van der Waals surface area contributed by atoms with Crippen molar-refractivity contribution in [3.8, 4) is 0 Å². The number of thiocarbonyl (C=S) groups is 1. The van der Waals surface area contributed by atoms with E-state index in [1.807, 2.05) is 42.5 Å². The van der Waals surface area contributed by atoms with Gasteiger partial charge in [-0.05, 0) is 36.0 Å². The lowest BCUT2D eigenvalue weighted by molar-refractivity contribution is -0.139. The zero-order valence-corrected chi connectivity index (χ0v) is 12.6. The maximum absolute atomic E-state index is 11.2. The Morgan fingerprint density at radius 3 is 2.52 bits per heavy atom. The number of hydrogen-bond acceptors (Lipinski definition) is 4. The summed E-state index contributed by atoms with van der Waals surface area (Å²) in [5, 5.41) is 2.55. The molecule has 0 amide bonds. The summed E-state index contributed by atoms with van der Waals surface area (Å²) in [5.41, 5.74) is 1.24. The third-order valence-corrected chi connectivity index (χ3v) is 3.25. The predicted octanol–water partition coefficient (Wildman–Crippen LogP) is 3.65. The molecule has 2 aromatic carbocycles. The van der Waals surface area contributed by atoms with Crippen molar-refractivity contribution in [2.45, 2.75) is 6.92 Å². The zero-order valence-electron chi connectivity index (χ0n) is 11.8. The largest absolute Gasteiger partial charge is 0.479 e. The van der Waals surface area contributed by atoms with E-state index in [9.17, 15) is 4.79 Å². The Bertz CT molecular complexity index is 686. The average Bonchev–Trinajstić information content (AvgIpc) is 2.50. The highest BCUT2D eigenvalue weighted by Gasteiger charge is 2.08. The number of fused-ring (bicyclic) bond motifs is 1. The summed E-state index contributed by atoms with van der Waals surface area (Å²) in [6.07, 6.45) is 0. The Labute approximate surface area is 129 Å². The van der Waals surface area contributed by atoms with Crippen LogP contribution in [0.3, 0.4) is 0 Å². The molecule has 0 saturated heterocycles. The molecule has 0 aromatic heterocycles. The molecule has 21 heavy (non-hydrogen) atoms. The second-order valence-electron chi connectivity index (χ2n) is 4.58. The lowest BCUT2D eigenvalue weighted by Gasteiger charge is -2.10. The highest BCUT2D eigenvalue weighted by atomic mass is 32.1. The molecule has 0 spiro atoms. The van der Waals surface area contributed by atoms with E-state index in [4.69, 9.17) is 21.7 Å². The van der Waals surface area contributed by atoms with E-state index in [1.165, 1.54) is 0 Å². The molecule has 0 atom stereocenters. The van der Waals surface area contributed by atoms with Crippen LogP contribution in [0.5, 0.6) is 0 Å². The van der Waals surface area contributed by atoms with Crippen molar-refractivity contribution in [2.24, 2.45) is 0 Å². The summed E-state index contributed by atoms with van der Waals surface area (Å²) in [6, 6.07) is 13.8. The number of carbonyl (C=O) groups is 1. The minimum absolute atomic E-state index is 0.149. The Morgan fingerprint density at radius 2 is 1.76 bits per heavy atom. The summed E-state index contributed by atoms with van der Waals surface area (Å²) in [6.45, 7) is 5.48. The van der Waals surface area contributed by atoms with E-state index in [2.05, 4.69) is 6.58 Å². The normalized spacial score (nSPS) is 10.1. The van der Waals surface area contributed by atoms with Crippen LogP contribution >= 0.6 is 12.2 Å². The molecule has 2 aromatic rings. The van der Waals surface area contributed by atoms with Gasteiger partial charge >= 0.3 is 5.97 Å². The quantitative estimate of drug-likeness (QED) is 0.365. The van der Waals surface area contributed by atoms with E-state index < -0.39 is 5.97 Å². The Balaban J connectivity index is 1.97. The number of rotatable bonds is 5. The molecule has 0 bridgehead atoms. The molecule has 0 aliphatic rings. The van der Waals surface area contributed by atoms with Crippen molar-refractivity contribution >= 4 is 34.0 Å². The van der Waals surface area contributed by atoms with Gasteiger partial charge in [0.25, 0.3) is 0 Å². The number of benzene rings is 2. The van der Waals surface area contributed by atoms with Crippen LogP contribution in [0, 0.1) is 0 Å². The lowest BCUT2D eigenvalue weighted by atomic mass is 10.1. The van der Waals surface area contributed by atoms with Crippen LogP contribution in [0.2, 0.25) is 0 Å². The number of carbonyl (C=O) groups excluding carboxylic acids is 1. The summed E-state index contributed by atoms with van der Waals surface area (Å²) in [4.78, 5) is 11.2. The minimum Gasteiger partial charge on any atom is -0.479 e. The van der Waals surface area contributed by atoms with Gasteiger partial charge in [0, 0.05) is 11.1 Å². The SMILES string of the molecule is C=C(C)C(=O)OCCOC(=S)c1cccc2ccccc12. The highest BCUT2D eigenvalue weighted by molar-refractivity contribution is 7.80. The monoisotopic (exact) mass is 300 g/mol. The molecule has 0 N–H and O–H groups in total. The standard InChI is InChI=1S/C17H16O3S/c1-12(2)16(18)19-10-11-20-17(21)15-9-5-7-13-6-3-4-8-14(13)15/h3-9H,1,10-11H2,2H3. The van der Waals surface area contributed by atoms with E-state index in [1.54, 1.807) is 6.92 Å². The highest BCUT2D eigenvalue weighted by Crippen LogP contribution is 2.19. The second-order valence-corrected chi connectivity index (χ2v) is 4.95. The van der Waals surface area contributed by atoms with E-state index in [0.717, 1.165) is 16.3 Å². The van der Waals surface area contributed by atoms with Gasteiger partial charge < -0.3 is 9.47 Å². The first kappa shape index (κ1) is 15.2. The number of ether oxygens (including phenoxy) is 2. The van der Waals surface area contributed by atoms with E-state index in [-0.39, 0.29) is 13.2 Å². The molecule has 3 nitrogen and oxygen atoms in total. The van der Waals surface area contributed by atoms with Gasteiger partial charge in [0.15, 0.2) is 5.05 Å². The van der Waals surface area contributed by atoms with E-state index >= 15 is 0 Å². The summed E-state index contributed by atoms with van der Waals surface area (Å²) < 4.78 is 10.4. The Morgan fingerprint density at radius 1 is 1.10 bits per heavy atom. The number of hydrogen-bond donors (Lipinski definition) is 0. The van der Waals surface area contributed by atoms with Gasteiger partial charge in [-0.15, -0.1) is 0 Å². The third kappa shape index (κ3) is 3.89. The molecule has 0 aliphatic heterocycles. The fourth-order valence-electron chi connectivity index (χ4n) is 1.87. The molecule has 0 heterocycles. The third-order valence-electron chi connectivity index (χ3n) is 2.91. The second kappa shape index (κ2) is 6.99. The van der Waals surface area contributed by atoms with Crippen LogP contribution in [0.15, 0.2) is 54.6 Å². The van der Waals surface area contributed by atoms with Crippen molar-refractivity contribution in [3.63, 3.8) is 0 Å². The van der Waals surface area contributed by atoms with Crippen LogP contribution in [-0.2, 0) is 14.3 Å². The summed E-state index contributed by atoms with van der Waals surface area (Å²) >= 11 is 5.30. The lowest BCUT2D eigenvalue weighted by Crippen LogP contribution is -2.13. The van der Waals surface area contributed by atoms with Crippen molar-refractivity contribution in [1.82, 2.24) is 0 Å². The first-order valence-corrected chi connectivity index (χ1v) is 6.98. The van der Waals surface area contributed by atoms with Gasteiger partial charge in [0.1, 0.15) is 13.2 Å². The molecule has 0 unspecified atom stereocenters. The van der Waals surface area contributed by atoms with Gasteiger partial charge in [0.2, 0.25) is 0 Å². The first-order valence-electron chi connectivity index (χ1n) is 6.57. The van der Waals surface area contributed by atoms with Crippen LogP contribution in [0.4, 0.5) is 0 Å². The molecule has 4 heteroatoms. The molecule has 2 rings (SSSR count). The fraction of sp³-hybridized carbons (Fsp3) is 0.176. The predicted molar refractivity (Wildman–Crippen MR) is 87.4 cm³/mol. The van der Waals surface area contributed by atoms with Crippen molar-refractivity contribution in [2.75, 3.05) is 13.2 Å². The summed E-state index contributed by atoms with van der Waals surface area (Å²) in [7, 11) is 0. The Hall–Kier alpha value is -2.20. The maximum atomic E-state index is 11.2. The molecule has 0 saturated carbocycles. The van der Waals surface area contributed by atoms with Crippen molar-refractivity contribution in [1.29, 1.82) is 0 Å². The van der Waals surface area contributed by atoms with Crippen LogP contribution < -0.4 is 0 Å². The van der Waals surface area contributed by atoms with Gasteiger partial charge in [-0.3, -0.25) is 0 Å². The first-order chi connectivity index (χ1) is 10.1. The molecular formula is C17H16O3S. The molecule has 0 radical (unpaired) electrons. The smallest absolute Gasteiger partial charge is 0.333 e. The molecule has 0 aliphatic carbocycles. The molecule has 0 fully saturated rings. The maximum Gasteiger partial charge on any atom is 0.333 e. The van der Waals surface area contributed by atoms with Gasteiger partial charge in [-0.2, -0.15) is 0 Å². The van der Waals surface area contributed by atoms with Crippen LogP contribution in [0.25, 0.3) is 10.8 Å². The van der Waals surface area contributed by atoms with Gasteiger partial charge in [-0.25, -0.2) is 4.79 Å². The van der Waals surface area contributed by atoms with Crippen molar-refractivity contribution in [3.05, 3.63) is 60.2 Å². The van der Waals surface area contributed by atoms with Gasteiger partial charge in [0.05, 0.1) is 0 Å². The fourth-order valence-corrected chi connectivity index (χ4v) is 2.13. The zero-order chi connectivity index (χ0) is 15.2. The van der Waals surface area contributed by atoms with Gasteiger partial charge in [-0.1, -0.05) is 43.0 Å². The Kier molecular flexibility index (Phi) is 5.06. The van der Waals surface area contributed by atoms with E-state index in [0.29, 0.717) is 10.6 Å². The minimum atomic E-state index is -0.422. The van der Waals surface area contributed by atoms with Crippen LogP contribution in [0.1, 0.15) is 12.5 Å². The summed E-state index contributed by atoms with van der Waals surface area (Å²) in [5.74, 6) is -0.422. The van der Waals surface area contributed by atoms with Crippen molar-refractivity contribution < 1.29 is 14.3 Å². The molecule has 108 valence electrons. The van der Waals surface area contributed by atoms with Crippen LogP contribution in [-0.4, -0.2) is 24.2 Å². The molecular weight excluding hydrogens is 284 g/mol. The number of esters is 1.